The first-order valence-corrected chi connectivity index (χ1v) is 6.39. The van der Waals surface area contributed by atoms with Gasteiger partial charge < -0.3 is 10.5 Å². The highest BCUT2D eigenvalue weighted by atomic mass is 79.9. The summed E-state index contributed by atoms with van der Waals surface area (Å²) in [5.41, 5.74) is 6.41. The normalized spacial score (nSPS) is 10.4. The Kier molecular flexibility index (Phi) is 4.22. The maximum Gasteiger partial charge on any atom is 0.150 e. The molecule has 0 aliphatic rings. The lowest BCUT2D eigenvalue weighted by atomic mass is 10.2. The number of para-hydroxylation sites is 1. The quantitative estimate of drug-likeness (QED) is 0.899. The van der Waals surface area contributed by atoms with Crippen molar-refractivity contribution < 1.29 is 9.13 Å². The van der Waals surface area contributed by atoms with Crippen LogP contribution in [0.3, 0.4) is 0 Å². The number of hydrogen-bond acceptors (Lipinski definition) is 2. The number of rotatable bonds is 3. The number of benzene rings is 2. The minimum Gasteiger partial charge on any atom is -0.455 e. The summed E-state index contributed by atoms with van der Waals surface area (Å²) in [5, 5.41) is 0.471. The Morgan fingerprint density at radius 1 is 1.28 bits per heavy atom. The van der Waals surface area contributed by atoms with E-state index in [1.807, 2.05) is 6.07 Å². The standard InChI is InChI=1S/C13H10BrClFNO/c14-10-6-9(4-5-12(10)16)18-13-8(7-17)2-1-3-11(13)15/h1-6H,7,17H2. The summed E-state index contributed by atoms with van der Waals surface area (Å²) in [4.78, 5) is 0. The van der Waals surface area contributed by atoms with Gasteiger partial charge in [0.1, 0.15) is 17.3 Å². The lowest BCUT2D eigenvalue weighted by Gasteiger charge is -2.12. The summed E-state index contributed by atoms with van der Waals surface area (Å²) >= 11 is 9.16. The van der Waals surface area contributed by atoms with Crippen molar-refractivity contribution in [2.45, 2.75) is 6.54 Å². The summed E-state index contributed by atoms with van der Waals surface area (Å²) in [6.07, 6.45) is 0. The number of halogens is 3. The van der Waals surface area contributed by atoms with Gasteiger partial charge in [-0.3, -0.25) is 0 Å². The second kappa shape index (κ2) is 5.69. The second-order valence-corrected chi connectivity index (χ2v) is 4.87. The van der Waals surface area contributed by atoms with E-state index < -0.39 is 0 Å². The molecule has 2 aromatic carbocycles. The molecule has 18 heavy (non-hydrogen) atoms. The van der Waals surface area contributed by atoms with Crippen molar-refractivity contribution >= 4 is 27.5 Å². The summed E-state index contributed by atoms with van der Waals surface area (Å²) in [6.45, 7) is 0.318. The van der Waals surface area contributed by atoms with E-state index in [-0.39, 0.29) is 5.82 Å². The van der Waals surface area contributed by atoms with Crippen LogP contribution < -0.4 is 10.5 Å². The van der Waals surface area contributed by atoms with Crippen LogP contribution in [0.1, 0.15) is 5.56 Å². The summed E-state index contributed by atoms with van der Waals surface area (Å²) in [5.74, 6) is 0.645. The minimum atomic E-state index is -0.347. The lowest BCUT2D eigenvalue weighted by molar-refractivity contribution is 0.474. The zero-order valence-electron chi connectivity index (χ0n) is 9.29. The summed E-state index contributed by atoms with van der Waals surface area (Å²) in [7, 11) is 0. The number of nitrogens with two attached hydrogens (primary N) is 1. The molecule has 0 radical (unpaired) electrons. The average molecular weight is 331 g/mol. The second-order valence-electron chi connectivity index (χ2n) is 3.61. The van der Waals surface area contributed by atoms with Crippen LogP contribution in [-0.2, 0) is 6.54 Å². The van der Waals surface area contributed by atoms with Crippen molar-refractivity contribution in [3.8, 4) is 11.5 Å². The van der Waals surface area contributed by atoms with Gasteiger partial charge in [0, 0.05) is 12.1 Å². The van der Waals surface area contributed by atoms with E-state index in [4.69, 9.17) is 22.1 Å². The lowest BCUT2D eigenvalue weighted by Crippen LogP contribution is -1.99. The molecule has 0 aliphatic heterocycles. The minimum absolute atomic E-state index is 0.318. The Hall–Kier alpha value is -1.10. The van der Waals surface area contributed by atoms with E-state index in [1.165, 1.54) is 12.1 Å². The van der Waals surface area contributed by atoms with Gasteiger partial charge in [0.25, 0.3) is 0 Å². The molecule has 0 saturated carbocycles. The van der Waals surface area contributed by atoms with Gasteiger partial charge in [-0.05, 0) is 40.2 Å². The van der Waals surface area contributed by atoms with Gasteiger partial charge in [0.15, 0.2) is 0 Å². The predicted molar refractivity (Wildman–Crippen MR) is 73.5 cm³/mol. The molecule has 0 aromatic heterocycles. The first kappa shape index (κ1) is 13.3. The molecular formula is C13H10BrClFNO. The van der Waals surface area contributed by atoms with Gasteiger partial charge in [-0.1, -0.05) is 23.7 Å². The van der Waals surface area contributed by atoms with Crippen LogP contribution in [0.2, 0.25) is 5.02 Å². The van der Waals surface area contributed by atoms with E-state index in [2.05, 4.69) is 15.9 Å². The van der Waals surface area contributed by atoms with Crippen molar-refractivity contribution in [1.29, 1.82) is 0 Å². The predicted octanol–water partition coefficient (Wildman–Crippen LogP) is 4.49. The first-order chi connectivity index (χ1) is 8.61. The van der Waals surface area contributed by atoms with Crippen LogP contribution in [0.25, 0.3) is 0 Å². The van der Waals surface area contributed by atoms with E-state index in [0.29, 0.717) is 27.5 Å². The van der Waals surface area contributed by atoms with Crippen LogP contribution in [0.5, 0.6) is 11.5 Å². The molecule has 5 heteroatoms. The highest BCUT2D eigenvalue weighted by Gasteiger charge is 2.09. The van der Waals surface area contributed by atoms with Crippen LogP contribution in [-0.4, -0.2) is 0 Å². The molecule has 94 valence electrons. The topological polar surface area (TPSA) is 35.2 Å². The third kappa shape index (κ3) is 2.83. The summed E-state index contributed by atoms with van der Waals surface area (Å²) < 4.78 is 19.1. The van der Waals surface area contributed by atoms with E-state index in [9.17, 15) is 4.39 Å². The fraction of sp³-hybridized carbons (Fsp3) is 0.0769. The molecule has 2 nitrogen and oxygen atoms in total. The van der Waals surface area contributed by atoms with E-state index in [1.54, 1.807) is 18.2 Å². The Bertz CT molecular complexity index is 577. The van der Waals surface area contributed by atoms with Crippen molar-refractivity contribution in [3.63, 3.8) is 0 Å². The van der Waals surface area contributed by atoms with Gasteiger partial charge in [-0.2, -0.15) is 0 Å². The molecule has 0 fully saturated rings. The highest BCUT2D eigenvalue weighted by Crippen LogP contribution is 2.34. The molecule has 0 aliphatic carbocycles. The third-order valence-corrected chi connectivity index (χ3v) is 3.28. The smallest absolute Gasteiger partial charge is 0.150 e. The summed E-state index contributed by atoms with van der Waals surface area (Å²) in [6, 6.07) is 9.74. The maximum atomic E-state index is 13.1. The monoisotopic (exact) mass is 329 g/mol. The molecule has 0 atom stereocenters. The Morgan fingerprint density at radius 3 is 2.72 bits per heavy atom. The third-order valence-electron chi connectivity index (χ3n) is 2.38. The van der Waals surface area contributed by atoms with Crippen molar-refractivity contribution in [2.24, 2.45) is 5.73 Å². The molecule has 0 bridgehead atoms. The van der Waals surface area contributed by atoms with Crippen LogP contribution >= 0.6 is 27.5 Å². The molecule has 0 spiro atoms. The van der Waals surface area contributed by atoms with E-state index >= 15 is 0 Å². The van der Waals surface area contributed by atoms with Gasteiger partial charge in [0.2, 0.25) is 0 Å². The van der Waals surface area contributed by atoms with Crippen molar-refractivity contribution in [2.75, 3.05) is 0 Å². The molecule has 0 unspecified atom stereocenters. The van der Waals surface area contributed by atoms with E-state index in [0.717, 1.165) is 5.56 Å². The van der Waals surface area contributed by atoms with Crippen LogP contribution in [0.4, 0.5) is 4.39 Å². The first-order valence-electron chi connectivity index (χ1n) is 5.22. The van der Waals surface area contributed by atoms with Gasteiger partial charge in [-0.25, -0.2) is 4.39 Å². The number of ether oxygens (including phenoxy) is 1. The molecule has 0 amide bonds. The molecule has 0 saturated heterocycles. The molecule has 2 aromatic rings. The van der Waals surface area contributed by atoms with Gasteiger partial charge >= 0.3 is 0 Å². The fourth-order valence-corrected chi connectivity index (χ4v) is 2.08. The average Bonchev–Trinajstić information content (AvgIpc) is 2.36. The van der Waals surface area contributed by atoms with Crippen molar-refractivity contribution in [3.05, 3.63) is 57.3 Å². The Morgan fingerprint density at radius 2 is 2.06 bits per heavy atom. The molecule has 2 rings (SSSR count). The van der Waals surface area contributed by atoms with Gasteiger partial charge in [0.05, 0.1) is 9.50 Å². The van der Waals surface area contributed by atoms with Crippen molar-refractivity contribution in [1.82, 2.24) is 0 Å². The Balaban J connectivity index is 2.36. The highest BCUT2D eigenvalue weighted by molar-refractivity contribution is 9.10. The maximum absolute atomic E-state index is 13.1. The molecule has 0 heterocycles. The fourth-order valence-electron chi connectivity index (χ4n) is 1.49. The number of hydrogen-bond donors (Lipinski definition) is 1. The SMILES string of the molecule is NCc1cccc(Cl)c1Oc1ccc(F)c(Br)c1. The Labute approximate surface area is 118 Å². The van der Waals surface area contributed by atoms with Gasteiger partial charge in [-0.15, -0.1) is 0 Å². The zero-order chi connectivity index (χ0) is 13.1. The van der Waals surface area contributed by atoms with Crippen LogP contribution in [0, 0.1) is 5.82 Å². The largest absolute Gasteiger partial charge is 0.455 e. The zero-order valence-corrected chi connectivity index (χ0v) is 11.6. The molecule has 2 N–H and O–H groups in total. The molecular weight excluding hydrogens is 321 g/mol. The van der Waals surface area contributed by atoms with Crippen LogP contribution in [0.15, 0.2) is 40.9 Å².